The van der Waals surface area contributed by atoms with Gasteiger partial charge in [0.25, 0.3) is 0 Å². The zero-order chi connectivity index (χ0) is 8.97. The van der Waals surface area contributed by atoms with Crippen molar-refractivity contribution in [3.63, 3.8) is 0 Å². The maximum atomic E-state index is 5.76. The molecule has 0 aliphatic carbocycles. The number of hydrogen-bond acceptors (Lipinski definition) is 1. The summed E-state index contributed by atoms with van der Waals surface area (Å²) in [6, 6.07) is 0. The number of halogens is 1. The van der Waals surface area contributed by atoms with E-state index < -0.39 is 0 Å². The van der Waals surface area contributed by atoms with Gasteiger partial charge in [0, 0.05) is 11.6 Å². The van der Waals surface area contributed by atoms with Gasteiger partial charge in [-0.1, -0.05) is 25.1 Å². The Morgan fingerprint density at radius 3 is 2.92 bits per heavy atom. The molecule has 1 rings (SSSR count). The Morgan fingerprint density at radius 2 is 2.25 bits per heavy atom. The molecule has 2 heteroatoms. The number of rotatable bonds is 2. The van der Waals surface area contributed by atoms with Crippen LogP contribution in [0.4, 0.5) is 0 Å². The highest BCUT2D eigenvalue weighted by Crippen LogP contribution is 2.17. The summed E-state index contributed by atoms with van der Waals surface area (Å²) in [6.07, 6.45) is 3.99. The second-order valence-corrected chi connectivity index (χ2v) is 4.36. The molecule has 0 aromatic heterocycles. The van der Waals surface area contributed by atoms with Crippen LogP contribution in [0.2, 0.25) is 0 Å². The number of nitrogens with zero attached hydrogens (tertiary/aromatic N) is 1. The molecule has 0 spiro atoms. The first kappa shape index (κ1) is 10.1. The molecule has 1 unspecified atom stereocenters. The van der Waals surface area contributed by atoms with Crippen LogP contribution in [0.1, 0.15) is 26.2 Å². The van der Waals surface area contributed by atoms with Gasteiger partial charge in [-0.15, -0.1) is 0 Å². The Balaban J connectivity index is 2.30. The molecule has 1 aliphatic rings. The van der Waals surface area contributed by atoms with Gasteiger partial charge in [-0.25, -0.2) is 0 Å². The van der Waals surface area contributed by atoms with Crippen LogP contribution in [0.3, 0.4) is 0 Å². The molecular weight excluding hydrogens is 170 g/mol. The van der Waals surface area contributed by atoms with Crippen LogP contribution in [-0.2, 0) is 0 Å². The fourth-order valence-electron chi connectivity index (χ4n) is 1.72. The number of likely N-dealkylation sites (tertiary alicyclic amines) is 1. The van der Waals surface area contributed by atoms with Crippen molar-refractivity contribution < 1.29 is 0 Å². The molecule has 1 aliphatic heterocycles. The van der Waals surface area contributed by atoms with E-state index in [1.807, 2.05) is 0 Å². The van der Waals surface area contributed by atoms with Crippen molar-refractivity contribution in [1.82, 2.24) is 4.90 Å². The van der Waals surface area contributed by atoms with Crippen molar-refractivity contribution >= 4 is 11.6 Å². The first-order valence-corrected chi connectivity index (χ1v) is 5.12. The van der Waals surface area contributed by atoms with Crippen LogP contribution in [-0.4, -0.2) is 24.5 Å². The third-order valence-corrected chi connectivity index (χ3v) is 2.62. The average Bonchev–Trinajstić information content (AvgIpc) is 2.15. The minimum Gasteiger partial charge on any atom is -0.298 e. The van der Waals surface area contributed by atoms with Crippen molar-refractivity contribution in [3.8, 4) is 0 Å². The Morgan fingerprint density at radius 1 is 1.50 bits per heavy atom. The Labute approximate surface area is 80.4 Å². The van der Waals surface area contributed by atoms with Crippen LogP contribution < -0.4 is 0 Å². The lowest BCUT2D eigenvalue weighted by Gasteiger charge is -2.18. The fraction of sp³-hybridized carbons (Fsp3) is 0.800. The summed E-state index contributed by atoms with van der Waals surface area (Å²) < 4.78 is 0. The van der Waals surface area contributed by atoms with Crippen LogP contribution in [0.15, 0.2) is 11.6 Å². The maximum absolute atomic E-state index is 5.76. The Bertz CT molecular complexity index is 156. The van der Waals surface area contributed by atoms with Crippen molar-refractivity contribution in [1.29, 1.82) is 0 Å². The molecule has 0 aromatic rings. The summed E-state index contributed by atoms with van der Waals surface area (Å²) in [6.45, 7) is 9.30. The highest BCUT2D eigenvalue weighted by atomic mass is 35.5. The summed E-state index contributed by atoms with van der Waals surface area (Å²) in [5, 5.41) is 0.768. The second kappa shape index (κ2) is 4.88. The molecule has 1 fully saturated rings. The third-order valence-electron chi connectivity index (χ3n) is 2.50. The van der Waals surface area contributed by atoms with Gasteiger partial charge >= 0.3 is 0 Å². The number of hydrogen-bond donors (Lipinski definition) is 0. The van der Waals surface area contributed by atoms with Crippen LogP contribution in [0, 0.1) is 5.92 Å². The minimum absolute atomic E-state index is 0.768. The maximum Gasteiger partial charge on any atom is 0.0335 e. The van der Waals surface area contributed by atoms with E-state index in [1.54, 1.807) is 0 Å². The lowest BCUT2D eigenvalue weighted by molar-refractivity contribution is 0.309. The van der Waals surface area contributed by atoms with Gasteiger partial charge in [-0.2, -0.15) is 0 Å². The molecule has 0 bridgehead atoms. The first-order chi connectivity index (χ1) is 5.68. The van der Waals surface area contributed by atoms with Crippen molar-refractivity contribution in [2.45, 2.75) is 26.2 Å². The van der Waals surface area contributed by atoms with Gasteiger partial charge in [-0.05, 0) is 38.3 Å². The van der Waals surface area contributed by atoms with Gasteiger partial charge < -0.3 is 0 Å². The highest BCUT2D eigenvalue weighted by Gasteiger charge is 2.13. The van der Waals surface area contributed by atoms with Crippen LogP contribution in [0.5, 0.6) is 0 Å². The van der Waals surface area contributed by atoms with E-state index >= 15 is 0 Å². The lowest BCUT2D eigenvalue weighted by Crippen LogP contribution is -2.25. The summed E-state index contributed by atoms with van der Waals surface area (Å²) in [7, 11) is 0. The van der Waals surface area contributed by atoms with Gasteiger partial charge in [0.2, 0.25) is 0 Å². The van der Waals surface area contributed by atoms with Gasteiger partial charge in [0.1, 0.15) is 0 Å². The molecule has 0 N–H and O–H groups in total. The van der Waals surface area contributed by atoms with E-state index in [0.717, 1.165) is 17.5 Å². The quantitative estimate of drug-likeness (QED) is 0.643. The smallest absolute Gasteiger partial charge is 0.0335 e. The van der Waals surface area contributed by atoms with Crippen LogP contribution >= 0.6 is 11.6 Å². The van der Waals surface area contributed by atoms with Gasteiger partial charge in [0.05, 0.1) is 0 Å². The molecule has 0 aromatic carbocycles. The van der Waals surface area contributed by atoms with Gasteiger partial charge in [0.15, 0.2) is 0 Å². The molecule has 12 heavy (non-hydrogen) atoms. The van der Waals surface area contributed by atoms with Crippen molar-refractivity contribution in [3.05, 3.63) is 11.6 Å². The Hall–Kier alpha value is -0.0100. The minimum atomic E-state index is 0.768. The molecule has 1 saturated heterocycles. The van der Waals surface area contributed by atoms with E-state index in [9.17, 15) is 0 Å². The van der Waals surface area contributed by atoms with E-state index in [1.165, 1.54) is 32.4 Å². The zero-order valence-electron chi connectivity index (χ0n) is 7.85. The van der Waals surface area contributed by atoms with Crippen molar-refractivity contribution in [2.75, 3.05) is 19.6 Å². The lowest BCUT2D eigenvalue weighted by atomic mass is 10.0. The molecular formula is C10H18ClN. The first-order valence-electron chi connectivity index (χ1n) is 4.74. The summed E-state index contributed by atoms with van der Waals surface area (Å²) in [5.74, 6) is 0.888. The second-order valence-electron chi connectivity index (χ2n) is 3.83. The largest absolute Gasteiger partial charge is 0.298 e. The normalized spacial score (nSPS) is 26.7. The van der Waals surface area contributed by atoms with E-state index in [2.05, 4.69) is 18.4 Å². The molecule has 70 valence electrons. The van der Waals surface area contributed by atoms with Crippen LogP contribution in [0.25, 0.3) is 0 Å². The highest BCUT2D eigenvalue weighted by molar-refractivity contribution is 6.29. The average molecular weight is 188 g/mol. The van der Waals surface area contributed by atoms with Gasteiger partial charge in [-0.3, -0.25) is 4.90 Å². The SMILES string of the molecule is C=C(Cl)CN1CCCC(C)CC1. The van der Waals surface area contributed by atoms with E-state index in [-0.39, 0.29) is 0 Å². The van der Waals surface area contributed by atoms with E-state index in [4.69, 9.17) is 11.6 Å². The molecule has 0 amide bonds. The topological polar surface area (TPSA) is 3.24 Å². The predicted octanol–water partition coefficient (Wildman–Crippen LogP) is 2.86. The predicted molar refractivity (Wildman–Crippen MR) is 54.4 cm³/mol. The monoisotopic (exact) mass is 187 g/mol. The molecule has 1 heterocycles. The standard InChI is InChI=1S/C10H18ClN/c1-9-4-3-6-12(7-5-9)8-10(2)11/h9H,2-8H2,1H3. The molecule has 1 atom stereocenters. The van der Waals surface area contributed by atoms with Crippen molar-refractivity contribution in [2.24, 2.45) is 5.92 Å². The third kappa shape index (κ3) is 3.59. The molecule has 0 radical (unpaired) electrons. The molecule has 1 nitrogen and oxygen atoms in total. The zero-order valence-corrected chi connectivity index (χ0v) is 8.61. The van der Waals surface area contributed by atoms with E-state index in [0.29, 0.717) is 0 Å². The summed E-state index contributed by atoms with van der Waals surface area (Å²) >= 11 is 5.76. The summed E-state index contributed by atoms with van der Waals surface area (Å²) in [5.41, 5.74) is 0. The Kier molecular flexibility index (Phi) is 4.10. The fourth-order valence-corrected chi connectivity index (χ4v) is 1.89. The molecule has 0 saturated carbocycles. The summed E-state index contributed by atoms with van der Waals surface area (Å²) in [4.78, 5) is 2.40.